The summed E-state index contributed by atoms with van der Waals surface area (Å²) in [4.78, 5) is 28.1. The first kappa shape index (κ1) is 32.8. The number of ether oxygens (including phenoxy) is 6. The molecule has 0 aromatic heterocycles. The lowest BCUT2D eigenvalue weighted by Crippen LogP contribution is -2.70. The van der Waals surface area contributed by atoms with Gasteiger partial charge in [-0.2, -0.15) is 0 Å². The summed E-state index contributed by atoms with van der Waals surface area (Å²) < 4.78 is 34.4. The zero-order chi connectivity index (χ0) is 30.9. The fourth-order valence-electron chi connectivity index (χ4n) is 5.50. The van der Waals surface area contributed by atoms with E-state index in [1.165, 1.54) is 0 Å². The summed E-state index contributed by atoms with van der Waals surface area (Å²) in [5, 5.41) is 77.8. The molecule has 4 rings (SSSR count). The number of amides is 2. The van der Waals surface area contributed by atoms with Crippen molar-refractivity contribution in [2.24, 2.45) is 4.99 Å². The molecule has 4 aliphatic heterocycles. The average molecular weight is 610 g/mol. The predicted octanol–water partition coefficient (Wildman–Crippen LogP) is -5.82. The van der Waals surface area contributed by atoms with E-state index in [1.807, 2.05) is 0 Å². The van der Waals surface area contributed by atoms with Gasteiger partial charge in [0.05, 0.1) is 19.8 Å². The first-order valence-electron chi connectivity index (χ1n) is 13.5. The number of aliphatic imine (C=N–C) groups is 1. The Morgan fingerprint density at radius 2 is 1.21 bits per heavy atom. The Labute approximate surface area is 240 Å². The van der Waals surface area contributed by atoms with Crippen LogP contribution in [-0.4, -0.2) is 165 Å². The molecule has 9 N–H and O–H groups in total. The summed E-state index contributed by atoms with van der Waals surface area (Å²) in [6.07, 6.45) is -17.0. The Balaban J connectivity index is 1.58. The van der Waals surface area contributed by atoms with E-state index < -0.39 is 124 Å². The van der Waals surface area contributed by atoms with Gasteiger partial charge in [0.15, 0.2) is 18.5 Å². The molecule has 3 saturated heterocycles. The van der Waals surface area contributed by atoms with Crippen LogP contribution in [0.4, 0.5) is 0 Å². The van der Waals surface area contributed by atoms with Crippen LogP contribution in [0, 0.1) is 0 Å². The third kappa shape index (κ3) is 6.69. The lowest BCUT2D eigenvalue weighted by molar-refractivity contribution is -0.349. The Morgan fingerprint density at radius 3 is 1.74 bits per heavy atom. The zero-order valence-electron chi connectivity index (χ0n) is 23.1. The Kier molecular flexibility index (Phi) is 10.7. The third-order valence-corrected chi connectivity index (χ3v) is 7.49. The molecule has 240 valence electrons. The van der Waals surface area contributed by atoms with Gasteiger partial charge in [0.2, 0.25) is 18.1 Å². The van der Waals surface area contributed by atoms with Gasteiger partial charge in [0, 0.05) is 20.8 Å². The molecule has 4 heterocycles. The van der Waals surface area contributed by atoms with E-state index >= 15 is 0 Å². The maximum atomic E-state index is 12.1. The number of fused-ring (bicyclic) bond motifs is 1. The van der Waals surface area contributed by atoms with Crippen molar-refractivity contribution >= 4 is 17.7 Å². The third-order valence-electron chi connectivity index (χ3n) is 7.49. The van der Waals surface area contributed by atoms with Crippen molar-refractivity contribution in [2.75, 3.05) is 19.8 Å². The fourth-order valence-corrected chi connectivity index (χ4v) is 5.50. The summed E-state index contributed by atoms with van der Waals surface area (Å²) in [5.74, 6) is -0.980. The van der Waals surface area contributed by atoms with Gasteiger partial charge < -0.3 is 74.8 Å². The van der Waals surface area contributed by atoms with Crippen LogP contribution in [-0.2, 0) is 38.0 Å². The number of carbonyl (C=O) groups excluding carboxylic acids is 2. The molecule has 18 nitrogen and oxygen atoms in total. The smallest absolute Gasteiger partial charge is 0.227 e. The molecule has 42 heavy (non-hydrogen) atoms. The van der Waals surface area contributed by atoms with Crippen molar-refractivity contribution in [3.05, 3.63) is 0 Å². The molecule has 0 bridgehead atoms. The van der Waals surface area contributed by atoms with Crippen LogP contribution in [0.5, 0.6) is 0 Å². The average Bonchev–Trinajstić information content (AvgIpc) is 3.32. The molecule has 0 aromatic carbocycles. The number of carbonyl (C=O) groups is 2. The van der Waals surface area contributed by atoms with Crippen molar-refractivity contribution in [2.45, 2.75) is 113 Å². The SMILES string of the molecule is CC(=O)N[C@H]1C(O)[C@H](O)C(CO)O[C@H]1O[C@@H]1C(CO)O[C@@H](O[C@@H]2C(CO)OC3OC(C)=NC3[C@H]2O)[C@@H](NC(C)=O)C1O. The molecule has 0 aromatic rings. The van der Waals surface area contributed by atoms with Crippen LogP contribution in [0.1, 0.15) is 20.8 Å². The molecule has 18 heteroatoms. The minimum absolute atomic E-state index is 0.255. The molecule has 15 atom stereocenters. The molecular weight excluding hydrogens is 570 g/mol. The van der Waals surface area contributed by atoms with Crippen LogP contribution in [0.2, 0.25) is 0 Å². The lowest BCUT2D eigenvalue weighted by atomic mass is 9.94. The molecule has 2 amide bonds. The van der Waals surface area contributed by atoms with Gasteiger partial charge >= 0.3 is 0 Å². The number of rotatable bonds is 9. The van der Waals surface area contributed by atoms with E-state index in [0.717, 1.165) is 13.8 Å². The second kappa shape index (κ2) is 13.7. The molecular formula is C24H39N3O15. The van der Waals surface area contributed by atoms with Crippen molar-refractivity contribution < 1.29 is 73.8 Å². The number of nitrogens with one attached hydrogen (secondary N) is 2. The molecule has 7 unspecified atom stereocenters. The van der Waals surface area contributed by atoms with Crippen LogP contribution in [0.25, 0.3) is 0 Å². The summed E-state index contributed by atoms with van der Waals surface area (Å²) in [7, 11) is 0. The van der Waals surface area contributed by atoms with Crippen LogP contribution in [0.3, 0.4) is 0 Å². The van der Waals surface area contributed by atoms with E-state index in [1.54, 1.807) is 6.92 Å². The van der Waals surface area contributed by atoms with Crippen molar-refractivity contribution in [1.82, 2.24) is 10.6 Å². The number of hydrogen-bond acceptors (Lipinski definition) is 16. The highest BCUT2D eigenvalue weighted by Crippen LogP contribution is 2.34. The van der Waals surface area contributed by atoms with Crippen molar-refractivity contribution in [3.8, 4) is 0 Å². The number of nitrogens with zero attached hydrogens (tertiary/aromatic N) is 1. The van der Waals surface area contributed by atoms with Gasteiger partial charge in [-0.25, -0.2) is 4.99 Å². The largest absolute Gasteiger partial charge is 0.450 e. The van der Waals surface area contributed by atoms with E-state index in [2.05, 4.69) is 15.6 Å². The van der Waals surface area contributed by atoms with Crippen LogP contribution < -0.4 is 10.6 Å². The Bertz CT molecular complexity index is 989. The number of aliphatic hydroxyl groups is 7. The normalized spacial score (nSPS) is 45.4. The van der Waals surface area contributed by atoms with Gasteiger partial charge in [-0.15, -0.1) is 0 Å². The second-order valence-electron chi connectivity index (χ2n) is 10.5. The van der Waals surface area contributed by atoms with E-state index in [-0.39, 0.29) is 5.90 Å². The number of hydrogen-bond donors (Lipinski definition) is 9. The second-order valence-corrected chi connectivity index (χ2v) is 10.5. The molecule has 0 saturated carbocycles. The van der Waals surface area contributed by atoms with Gasteiger partial charge in [-0.3, -0.25) is 9.59 Å². The summed E-state index contributed by atoms with van der Waals surface area (Å²) >= 11 is 0. The van der Waals surface area contributed by atoms with Gasteiger partial charge in [-0.1, -0.05) is 0 Å². The molecule has 0 spiro atoms. The first-order chi connectivity index (χ1) is 19.9. The highest BCUT2D eigenvalue weighted by molar-refractivity contribution is 5.75. The highest BCUT2D eigenvalue weighted by Gasteiger charge is 2.55. The molecule has 3 fully saturated rings. The lowest BCUT2D eigenvalue weighted by Gasteiger charge is -2.49. The number of aliphatic hydroxyl groups excluding tert-OH is 7. The van der Waals surface area contributed by atoms with Gasteiger partial charge in [0.25, 0.3) is 0 Å². The van der Waals surface area contributed by atoms with Crippen molar-refractivity contribution in [1.29, 1.82) is 0 Å². The minimum atomic E-state index is -1.69. The van der Waals surface area contributed by atoms with Gasteiger partial charge in [-0.05, 0) is 0 Å². The van der Waals surface area contributed by atoms with Crippen LogP contribution >= 0.6 is 0 Å². The minimum Gasteiger partial charge on any atom is -0.450 e. The van der Waals surface area contributed by atoms with Crippen molar-refractivity contribution in [3.63, 3.8) is 0 Å². The molecule has 0 radical (unpaired) electrons. The highest BCUT2D eigenvalue weighted by atomic mass is 16.7. The fraction of sp³-hybridized carbons (Fsp3) is 0.875. The van der Waals surface area contributed by atoms with E-state index in [0.29, 0.717) is 0 Å². The monoisotopic (exact) mass is 609 g/mol. The Hall–Kier alpha value is -2.07. The van der Waals surface area contributed by atoms with E-state index in [4.69, 9.17) is 28.4 Å². The zero-order valence-corrected chi connectivity index (χ0v) is 23.1. The topological polar surface area (TPSA) is 268 Å². The van der Waals surface area contributed by atoms with Crippen LogP contribution in [0.15, 0.2) is 4.99 Å². The summed E-state index contributed by atoms with van der Waals surface area (Å²) in [6.45, 7) is 1.77. The Morgan fingerprint density at radius 1 is 0.738 bits per heavy atom. The summed E-state index contributed by atoms with van der Waals surface area (Å²) in [6, 6.07) is -3.66. The molecule has 4 aliphatic rings. The standard InChI is InChI=1S/C24H39N3O15/c1-7(31)25-13-17(34)16(33)10(4-28)38-23(13)41-20-12(6-30)40-24(14(18(20)35)26-8(2)32)42-21-11(5-29)39-22-15(19(21)36)27-9(3)37-22/h10-24,28-30,33-36H,4-6H2,1-3H3,(H,25,31)(H,26,32)/t10?,11?,12?,13-,14-,15?,16+,17?,18?,19+,20+,21+,22?,23-,24-/m0/s1. The predicted molar refractivity (Wildman–Crippen MR) is 134 cm³/mol. The molecule has 0 aliphatic carbocycles. The maximum absolute atomic E-state index is 12.1. The maximum Gasteiger partial charge on any atom is 0.227 e. The van der Waals surface area contributed by atoms with E-state index in [9.17, 15) is 45.3 Å². The first-order valence-corrected chi connectivity index (χ1v) is 13.5. The quantitative estimate of drug-likeness (QED) is 0.118. The van der Waals surface area contributed by atoms with Gasteiger partial charge in [0.1, 0.15) is 73.1 Å². The summed E-state index contributed by atoms with van der Waals surface area (Å²) in [5.41, 5.74) is 0.